The second-order valence-electron chi connectivity index (χ2n) is 5.55. The molecule has 0 fully saturated rings. The van der Waals surface area contributed by atoms with Gasteiger partial charge in [0.05, 0.1) is 6.04 Å². The number of fused-ring (bicyclic) bond motifs is 1. The first-order valence-electron chi connectivity index (χ1n) is 7.56. The first-order valence-corrected chi connectivity index (χ1v) is 7.56. The van der Waals surface area contributed by atoms with Gasteiger partial charge in [0.25, 0.3) is 0 Å². The van der Waals surface area contributed by atoms with E-state index in [1.807, 2.05) is 66.1 Å². The van der Waals surface area contributed by atoms with Crippen LogP contribution in [0.15, 0.2) is 60.8 Å². The molecule has 0 bridgehead atoms. The van der Waals surface area contributed by atoms with E-state index in [1.165, 1.54) is 0 Å². The monoisotopic (exact) mass is 306 g/mol. The summed E-state index contributed by atoms with van der Waals surface area (Å²) in [6.07, 6.45) is 2.55. The predicted octanol–water partition coefficient (Wildman–Crippen LogP) is 3.33. The smallest absolute Gasteiger partial charge is 0.240 e. The van der Waals surface area contributed by atoms with Gasteiger partial charge >= 0.3 is 0 Å². The zero-order valence-electron chi connectivity index (χ0n) is 12.9. The summed E-state index contributed by atoms with van der Waals surface area (Å²) in [5.74, 6) is -0.0837. The first kappa shape index (κ1) is 15.0. The standard InChI is InChI=1S/C19H18N2O2/c1-14(15-7-3-2-4-8-15)20-19(23)12-21-11-16(13-22)17-9-5-6-10-18(17)21/h2-11,13-14H,12H2,1H3,(H,20,23)/t14-/m0/s1. The van der Waals surface area contributed by atoms with Crippen molar-refractivity contribution >= 4 is 23.1 Å². The SMILES string of the molecule is C[C@H](NC(=O)Cn1cc(C=O)c2ccccc21)c1ccccc1. The van der Waals surface area contributed by atoms with E-state index < -0.39 is 0 Å². The van der Waals surface area contributed by atoms with Crippen LogP contribution in [0.5, 0.6) is 0 Å². The summed E-state index contributed by atoms with van der Waals surface area (Å²) in [6, 6.07) is 17.4. The third-order valence-corrected chi connectivity index (χ3v) is 3.94. The summed E-state index contributed by atoms with van der Waals surface area (Å²) >= 11 is 0. The van der Waals surface area contributed by atoms with Gasteiger partial charge in [-0.2, -0.15) is 0 Å². The number of para-hydroxylation sites is 1. The minimum atomic E-state index is -0.0837. The van der Waals surface area contributed by atoms with Crippen LogP contribution in [0.2, 0.25) is 0 Å². The molecule has 4 heteroatoms. The van der Waals surface area contributed by atoms with Crippen molar-refractivity contribution < 1.29 is 9.59 Å². The van der Waals surface area contributed by atoms with Crippen molar-refractivity contribution in [3.05, 3.63) is 71.9 Å². The van der Waals surface area contributed by atoms with Crippen LogP contribution >= 0.6 is 0 Å². The third kappa shape index (κ3) is 3.16. The highest BCUT2D eigenvalue weighted by Crippen LogP contribution is 2.20. The van der Waals surface area contributed by atoms with E-state index in [2.05, 4.69) is 5.32 Å². The van der Waals surface area contributed by atoms with Gasteiger partial charge in [-0.1, -0.05) is 48.5 Å². The largest absolute Gasteiger partial charge is 0.348 e. The van der Waals surface area contributed by atoms with Crippen molar-refractivity contribution in [1.29, 1.82) is 0 Å². The Balaban J connectivity index is 1.77. The van der Waals surface area contributed by atoms with Gasteiger partial charge in [0.15, 0.2) is 6.29 Å². The second-order valence-corrected chi connectivity index (χ2v) is 5.55. The number of benzene rings is 2. The highest BCUT2D eigenvalue weighted by atomic mass is 16.2. The topological polar surface area (TPSA) is 51.1 Å². The minimum absolute atomic E-state index is 0.0592. The lowest BCUT2D eigenvalue weighted by Gasteiger charge is -2.15. The maximum atomic E-state index is 12.3. The van der Waals surface area contributed by atoms with E-state index in [1.54, 1.807) is 6.20 Å². The van der Waals surface area contributed by atoms with Crippen LogP contribution in [0.1, 0.15) is 28.9 Å². The molecule has 1 amide bonds. The summed E-state index contributed by atoms with van der Waals surface area (Å²) in [5.41, 5.74) is 2.55. The number of aldehydes is 1. The molecule has 3 aromatic rings. The fourth-order valence-corrected chi connectivity index (χ4v) is 2.77. The molecule has 3 rings (SSSR count). The van der Waals surface area contributed by atoms with Gasteiger partial charge < -0.3 is 9.88 Å². The maximum absolute atomic E-state index is 12.3. The molecule has 2 aromatic carbocycles. The van der Waals surface area contributed by atoms with E-state index in [0.29, 0.717) is 5.56 Å². The molecule has 0 spiro atoms. The average molecular weight is 306 g/mol. The molecule has 23 heavy (non-hydrogen) atoms. The van der Waals surface area contributed by atoms with Crippen LogP contribution in [-0.2, 0) is 11.3 Å². The first-order chi connectivity index (χ1) is 11.2. The minimum Gasteiger partial charge on any atom is -0.348 e. The molecule has 1 N–H and O–H groups in total. The van der Waals surface area contributed by atoms with Gasteiger partial charge in [-0.25, -0.2) is 0 Å². The molecule has 1 heterocycles. The predicted molar refractivity (Wildman–Crippen MR) is 90.3 cm³/mol. The number of amides is 1. The van der Waals surface area contributed by atoms with Crippen LogP contribution in [0.3, 0.4) is 0 Å². The lowest BCUT2D eigenvalue weighted by Crippen LogP contribution is -2.29. The Bertz CT molecular complexity index is 837. The van der Waals surface area contributed by atoms with Crippen LogP contribution in [0, 0.1) is 0 Å². The molecule has 0 saturated carbocycles. The zero-order valence-corrected chi connectivity index (χ0v) is 12.9. The molecule has 0 aliphatic rings. The van der Waals surface area contributed by atoms with Crippen molar-refractivity contribution in [2.75, 3.05) is 0 Å². The third-order valence-electron chi connectivity index (χ3n) is 3.94. The molecule has 0 aliphatic heterocycles. The fourth-order valence-electron chi connectivity index (χ4n) is 2.77. The lowest BCUT2D eigenvalue weighted by molar-refractivity contribution is -0.122. The summed E-state index contributed by atoms with van der Waals surface area (Å²) in [5, 5.41) is 3.86. The van der Waals surface area contributed by atoms with Crippen molar-refractivity contribution in [3.8, 4) is 0 Å². The van der Waals surface area contributed by atoms with Crippen molar-refractivity contribution in [3.63, 3.8) is 0 Å². The highest BCUT2D eigenvalue weighted by Gasteiger charge is 2.13. The van der Waals surface area contributed by atoms with Gasteiger partial charge in [0, 0.05) is 22.7 Å². The Hall–Kier alpha value is -2.88. The van der Waals surface area contributed by atoms with E-state index in [0.717, 1.165) is 22.8 Å². The Morgan fingerprint density at radius 2 is 1.83 bits per heavy atom. The molecule has 116 valence electrons. The Labute approximate surface area is 134 Å². The molecule has 0 saturated heterocycles. The number of nitrogens with one attached hydrogen (secondary N) is 1. The number of aromatic nitrogens is 1. The molecular weight excluding hydrogens is 288 g/mol. The van der Waals surface area contributed by atoms with E-state index >= 15 is 0 Å². The van der Waals surface area contributed by atoms with Gasteiger partial charge in [-0.05, 0) is 18.6 Å². The number of nitrogens with zero attached hydrogens (tertiary/aromatic N) is 1. The van der Waals surface area contributed by atoms with Crippen LogP contribution < -0.4 is 5.32 Å². The van der Waals surface area contributed by atoms with E-state index in [-0.39, 0.29) is 18.5 Å². The maximum Gasteiger partial charge on any atom is 0.240 e. The molecule has 0 unspecified atom stereocenters. The number of rotatable bonds is 5. The summed E-state index contributed by atoms with van der Waals surface area (Å²) in [4.78, 5) is 23.5. The van der Waals surface area contributed by atoms with Gasteiger partial charge in [0.1, 0.15) is 6.54 Å². The van der Waals surface area contributed by atoms with Crippen LogP contribution in [0.4, 0.5) is 0 Å². The lowest BCUT2D eigenvalue weighted by atomic mass is 10.1. The Morgan fingerprint density at radius 3 is 2.57 bits per heavy atom. The summed E-state index contributed by atoms with van der Waals surface area (Å²) in [6.45, 7) is 2.14. The number of hydrogen-bond acceptors (Lipinski definition) is 2. The van der Waals surface area contributed by atoms with Crippen molar-refractivity contribution in [1.82, 2.24) is 9.88 Å². The zero-order chi connectivity index (χ0) is 16.2. The fraction of sp³-hybridized carbons (Fsp3) is 0.158. The molecule has 0 aliphatic carbocycles. The van der Waals surface area contributed by atoms with E-state index in [4.69, 9.17) is 0 Å². The number of hydrogen-bond donors (Lipinski definition) is 1. The molecule has 1 atom stereocenters. The Kier molecular flexibility index (Phi) is 4.24. The highest BCUT2D eigenvalue weighted by molar-refractivity contribution is 5.98. The summed E-state index contributed by atoms with van der Waals surface area (Å²) in [7, 11) is 0. The second kappa shape index (κ2) is 6.48. The molecule has 4 nitrogen and oxygen atoms in total. The number of carbonyl (C=O) groups is 2. The number of carbonyl (C=O) groups excluding carboxylic acids is 2. The summed E-state index contributed by atoms with van der Waals surface area (Å²) < 4.78 is 1.81. The van der Waals surface area contributed by atoms with Crippen molar-refractivity contribution in [2.45, 2.75) is 19.5 Å². The van der Waals surface area contributed by atoms with Gasteiger partial charge in [-0.15, -0.1) is 0 Å². The average Bonchev–Trinajstić information content (AvgIpc) is 2.93. The van der Waals surface area contributed by atoms with Gasteiger partial charge in [-0.3, -0.25) is 9.59 Å². The van der Waals surface area contributed by atoms with Crippen LogP contribution in [0.25, 0.3) is 10.9 Å². The Morgan fingerprint density at radius 1 is 1.13 bits per heavy atom. The normalized spacial score (nSPS) is 12.0. The van der Waals surface area contributed by atoms with Crippen LogP contribution in [-0.4, -0.2) is 16.8 Å². The van der Waals surface area contributed by atoms with Gasteiger partial charge in [0.2, 0.25) is 5.91 Å². The van der Waals surface area contributed by atoms with E-state index in [9.17, 15) is 9.59 Å². The van der Waals surface area contributed by atoms with Crippen molar-refractivity contribution in [2.24, 2.45) is 0 Å². The quantitative estimate of drug-likeness (QED) is 0.735. The molecule has 1 aromatic heterocycles. The molecular formula is C19H18N2O2. The molecule has 0 radical (unpaired) electrons.